The zero-order valence-electron chi connectivity index (χ0n) is 10.0. The molecule has 0 fully saturated rings. The molecule has 0 aliphatic carbocycles. The van der Waals surface area contributed by atoms with Gasteiger partial charge in [-0.05, 0) is 19.9 Å². The van der Waals surface area contributed by atoms with Gasteiger partial charge < -0.3 is 9.84 Å². The smallest absolute Gasteiger partial charge is 0.332 e. The lowest BCUT2D eigenvalue weighted by Crippen LogP contribution is -2.19. The molecule has 5 heteroatoms. The molecule has 0 spiro atoms. The molecular weight excluding hydrogens is 220 g/mol. The van der Waals surface area contributed by atoms with Gasteiger partial charge in [-0.2, -0.15) is 5.10 Å². The minimum Gasteiger partial charge on any atom is -0.478 e. The lowest BCUT2D eigenvalue weighted by molar-refractivity contribution is -0.133. The lowest BCUT2D eigenvalue weighted by atomic mass is 10.0. The van der Waals surface area contributed by atoms with Crippen LogP contribution < -0.4 is 0 Å². The van der Waals surface area contributed by atoms with E-state index in [-0.39, 0.29) is 6.04 Å². The van der Waals surface area contributed by atoms with E-state index in [0.29, 0.717) is 25.2 Å². The van der Waals surface area contributed by atoms with Crippen LogP contribution in [0.2, 0.25) is 0 Å². The first-order valence-corrected chi connectivity index (χ1v) is 5.68. The molecule has 1 aliphatic rings. The van der Waals surface area contributed by atoms with Crippen molar-refractivity contribution < 1.29 is 14.6 Å². The van der Waals surface area contributed by atoms with E-state index in [9.17, 15) is 9.90 Å². The van der Waals surface area contributed by atoms with Crippen molar-refractivity contribution in [2.45, 2.75) is 26.3 Å². The second-order valence-electron chi connectivity index (χ2n) is 4.32. The van der Waals surface area contributed by atoms with Crippen molar-refractivity contribution in [1.82, 2.24) is 9.78 Å². The Hall–Kier alpha value is -1.62. The Bertz CT molecular complexity index is 460. The van der Waals surface area contributed by atoms with Gasteiger partial charge in [0.1, 0.15) is 0 Å². The summed E-state index contributed by atoms with van der Waals surface area (Å²) in [6, 6.07) is 2.04. The molecule has 0 radical (unpaired) electrons. The Labute approximate surface area is 99.7 Å². The van der Waals surface area contributed by atoms with Gasteiger partial charge in [0.2, 0.25) is 0 Å². The fourth-order valence-electron chi connectivity index (χ4n) is 2.02. The number of hydrogen-bond acceptors (Lipinski definition) is 3. The maximum Gasteiger partial charge on any atom is 0.332 e. The minimum atomic E-state index is -0.861. The topological polar surface area (TPSA) is 64.4 Å². The SMILES string of the molecule is CC(C)n1nccc1C1=C(C(=O)O)CCOC1. The molecule has 2 heterocycles. The minimum absolute atomic E-state index is 0.199. The van der Waals surface area contributed by atoms with E-state index >= 15 is 0 Å². The fraction of sp³-hybridized carbons (Fsp3) is 0.500. The third-order valence-corrected chi connectivity index (χ3v) is 2.83. The summed E-state index contributed by atoms with van der Waals surface area (Å²) in [6.07, 6.45) is 2.14. The highest BCUT2D eigenvalue weighted by atomic mass is 16.5. The van der Waals surface area contributed by atoms with E-state index in [1.54, 1.807) is 6.20 Å². The van der Waals surface area contributed by atoms with Crippen LogP contribution in [0.1, 0.15) is 32.0 Å². The standard InChI is InChI=1S/C12H16N2O3/c1-8(2)14-11(3-5-13-14)10-7-17-6-4-9(10)12(15)16/h3,5,8H,4,6-7H2,1-2H3,(H,15,16). The molecule has 0 amide bonds. The Balaban J connectivity index is 2.49. The average Bonchev–Trinajstić information content (AvgIpc) is 2.77. The lowest BCUT2D eigenvalue weighted by Gasteiger charge is -2.20. The molecule has 2 rings (SSSR count). The van der Waals surface area contributed by atoms with Gasteiger partial charge >= 0.3 is 5.97 Å². The van der Waals surface area contributed by atoms with Gasteiger partial charge in [0.25, 0.3) is 0 Å². The van der Waals surface area contributed by atoms with E-state index < -0.39 is 5.97 Å². The third-order valence-electron chi connectivity index (χ3n) is 2.83. The van der Waals surface area contributed by atoms with E-state index in [2.05, 4.69) is 5.10 Å². The molecule has 92 valence electrons. The van der Waals surface area contributed by atoms with Crippen molar-refractivity contribution >= 4 is 11.5 Å². The van der Waals surface area contributed by atoms with Crippen molar-refractivity contribution in [2.75, 3.05) is 13.2 Å². The first-order chi connectivity index (χ1) is 8.11. The summed E-state index contributed by atoms with van der Waals surface area (Å²) in [4.78, 5) is 11.2. The molecule has 1 aliphatic heterocycles. The second-order valence-corrected chi connectivity index (χ2v) is 4.32. The largest absolute Gasteiger partial charge is 0.478 e. The normalized spacial score (nSPS) is 16.6. The zero-order chi connectivity index (χ0) is 12.4. The fourth-order valence-corrected chi connectivity index (χ4v) is 2.02. The first kappa shape index (κ1) is 11.9. The number of ether oxygens (including phenoxy) is 1. The molecule has 1 aromatic rings. The Kier molecular flexibility index (Phi) is 3.28. The number of aromatic nitrogens is 2. The van der Waals surface area contributed by atoms with Crippen molar-refractivity contribution in [3.63, 3.8) is 0 Å². The molecule has 1 N–H and O–H groups in total. The molecule has 0 aromatic carbocycles. The number of rotatable bonds is 3. The Morgan fingerprint density at radius 1 is 1.59 bits per heavy atom. The molecule has 5 nitrogen and oxygen atoms in total. The maximum atomic E-state index is 11.2. The summed E-state index contributed by atoms with van der Waals surface area (Å²) in [5.74, 6) is -0.861. The van der Waals surface area contributed by atoms with Gasteiger partial charge in [-0.3, -0.25) is 4.68 Å². The van der Waals surface area contributed by atoms with Crippen LogP contribution in [-0.2, 0) is 9.53 Å². The molecule has 1 aromatic heterocycles. The van der Waals surface area contributed by atoms with Crippen LogP contribution in [0.15, 0.2) is 17.8 Å². The van der Waals surface area contributed by atoms with Crippen LogP contribution in [0.25, 0.3) is 5.57 Å². The Morgan fingerprint density at radius 2 is 2.35 bits per heavy atom. The highest BCUT2D eigenvalue weighted by molar-refractivity contribution is 5.96. The van der Waals surface area contributed by atoms with Gasteiger partial charge in [-0.1, -0.05) is 0 Å². The summed E-state index contributed by atoms with van der Waals surface area (Å²) >= 11 is 0. The maximum absolute atomic E-state index is 11.2. The van der Waals surface area contributed by atoms with E-state index in [1.165, 1.54) is 0 Å². The molecule has 17 heavy (non-hydrogen) atoms. The van der Waals surface area contributed by atoms with Crippen LogP contribution in [0.3, 0.4) is 0 Å². The van der Waals surface area contributed by atoms with Gasteiger partial charge in [0.15, 0.2) is 0 Å². The summed E-state index contributed by atoms with van der Waals surface area (Å²) in [5.41, 5.74) is 2.03. The van der Waals surface area contributed by atoms with Crippen molar-refractivity contribution in [2.24, 2.45) is 0 Å². The first-order valence-electron chi connectivity index (χ1n) is 5.68. The number of carboxylic acids is 1. The van der Waals surface area contributed by atoms with Crippen molar-refractivity contribution in [3.05, 3.63) is 23.5 Å². The number of carbonyl (C=O) groups is 1. The van der Waals surface area contributed by atoms with Crippen molar-refractivity contribution in [1.29, 1.82) is 0 Å². The molecule has 0 atom stereocenters. The molecular formula is C12H16N2O3. The average molecular weight is 236 g/mol. The summed E-state index contributed by atoms with van der Waals surface area (Å²) in [5, 5.41) is 13.4. The van der Waals surface area contributed by atoms with Crippen LogP contribution in [0.5, 0.6) is 0 Å². The van der Waals surface area contributed by atoms with Gasteiger partial charge in [-0.25, -0.2) is 4.79 Å². The summed E-state index contributed by atoms with van der Waals surface area (Å²) in [7, 11) is 0. The highest BCUT2D eigenvalue weighted by Crippen LogP contribution is 2.26. The van der Waals surface area contributed by atoms with E-state index in [4.69, 9.17) is 4.74 Å². The predicted molar refractivity (Wildman–Crippen MR) is 62.6 cm³/mol. The van der Waals surface area contributed by atoms with Crippen LogP contribution in [0, 0.1) is 0 Å². The molecule has 0 bridgehead atoms. The molecule has 0 unspecified atom stereocenters. The number of nitrogens with zero attached hydrogens (tertiary/aromatic N) is 2. The van der Waals surface area contributed by atoms with E-state index in [1.807, 2.05) is 24.6 Å². The number of carboxylic acid groups (broad SMARTS) is 1. The predicted octanol–water partition coefficient (Wildman–Crippen LogP) is 1.72. The molecule has 0 saturated carbocycles. The summed E-state index contributed by atoms with van der Waals surface area (Å²) < 4.78 is 7.19. The zero-order valence-corrected chi connectivity index (χ0v) is 10.0. The van der Waals surface area contributed by atoms with Gasteiger partial charge in [0, 0.05) is 29.8 Å². The van der Waals surface area contributed by atoms with Crippen molar-refractivity contribution in [3.8, 4) is 0 Å². The molecule has 0 saturated heterocycles. The number of hydrogen-bond donors (Lipinski definition) is 1. The van der Waals surface area contributed by atoms with Crippen LogP contribution in [0.4, 0.5) is 0 Å². The second kappa shape index (κ2) is 4.71. The number of aliphatic carboxylic acids is 1. The monoisotopic (exact) mass is 236 g/mol. The van der Waals surface area contributed by atoms with Crippen LogP contribution >= 0.6 is 0 Å². The third kappa shape index (κ3) is 2.24. The Morgan fingerprint density at radius 3 is 3.00 bits per heavy atom. The quantitative estimate of drug-likeness (QED) is 0.867. The van der Waals surface area contributed by atoms with Gasteiger partial charge in [-0.15, -0.1) is 0 Å². The van der Waals surface area contributed by atoms with Crippen LogP contribution in [-0.4, -0.2) is 34.1 Å². The highest BCUT2D eigenvalue weighted by Gasteiger charge is 2.22. The van der Waals surface area contributed by atoms with Gasteiger partial charge in [0.05, 0.1) is 18.9 Å². The van der Waals surface area contributed by atoms with E-state index in [0.717, 1.165) is 11.3 Å². The summed E-state index contributed by atoms with van der Waals surface area (Å²) in [6.45, 7) is 4.85.